The van der Waals surface area contributed by atoms with Gasteiger partial charge in [-0.2, -0.15) is 16.8 Å². The number of rotatable bonds is 6. The van der Waals surface area contributed by atoms with Crippen LogP contribution in [0.15, 0.2) is 0 Å². The second kappa shape index (κ2) is 6.52. The third-order valence-corrected chi connectivity index (χ3v) is 6.78. The first kappa shape index (κ1) is 20.8. The second-order valence-corrected chi connectivity index (χ2v) is 11.0. The third-order valence-electron chi connectivity index (χ3n) is 3.31. The molecule has 8 heteroatoms. The van der Waals surface area contributed by atoms with Crippen LogP contribution in [-0.2, 0) is 28.6 Å². The maximum absolute atomic E-state index is 11.9. The minimum Gasteiger partial charge on any atom is -0.266 e. The molecule has 0 aromatic heterocycles. The number of hydrogen-bond acceptors (Lipinski definition) is 6. The van der Waals surface area contributed by atoms with Crippen LogP contribution in [0, 0.1) is 10.8 Å². The fraction of sp³-hybridized carbons (Fsp3) is 1.00. The van der Waals surface area contributed by atoms with Crippen molar-refractivity contribution < 1.29 is 25.2 Å². The molecule has 0 saturated heterocycles. The average Bonchev–Trinajstić information content (AvgIpc) is 2.09. The van der Waals surface area contributed by atoms with Crippen LogP contribution >= 0.6 is 0 Å². The lowest BCUT2D eigenvalue weighted by atomic mass is 9.91. The summed E-state index contributed by atoms with van der Waals surface area (Å²) in [6.07, 6.45) is -1.28. The van der Waals surface area contributed by atoms with Gasteiger partial charge in [0, 0.05) is 0 Å². The zero-order chi connectivity index (χ0) is 17.3. The summed E-state index contributed by atoms with van der Waals surface area (Å²) in [6.45, 7) is 14.0. The third kappa shape index (κ3) is 8.13. The summed E-state index contributed by atoms with van der Waals surface area (Å²) < 4.78 is 57.2. The summed E-state index contributed by atoms with van der Waals surface area (Å²) in [4.78, 5) is 0. The van der Waals surface area contributed by atoms with Crippen LogP contribution in [0.25, 0.3) is 0 Å². The SMILES string of the molecule is CC(OS(=O)(=O)CS(=O)(=O)OC(C)C(C)(C)C)C(C)(C)C. The molecule has 0 saturated carbocycles. The predicted molar refractivity (Wildman–Crippen MR) is 82.7 cm³/mol. The summed E-state index contributed by atoms with van der Waals surface area (Å²) in [5.41, 5.74) is -0.840. The first-order chi connectivity index (χ1) is 8.96. The normalized spacial score (nSPS) is 17.5. The van der Waals surface area contributed by atoms with Crippen molar-refractivity contribution in [2.75, 3.05) is 5.08 Å². The molecule has 0 aliphatic heterocycles. The Morgan fingerprint density at radius 3 is 1.14 bits per heavy atom. The van der Waals surface area contributed by atoms with Crippen molar-refractivity contribution >= 4 is 20.2 Å². The topological polar surface area (TPSA) is 86.7 Å². The van der Waals surface area contributed by atoms with Crippen molar-refractivity contribution in [3.05, 3.63) is 0 Å². The minimum atomic E-state index is -4.23. The second-order valence-electron chi connectivity index (χ2n) is 7.44. The molecule has 0 radical (unpaired) electrons. The summed E-state index contributed by atoms with van der Waals surface area (Å²) in [5.74, 6) is 0. The quantitative estimate of drug-likeness (QED) is 0.688. The standard InChI is InChI=1S/C13H28O6S2/c1-10(12(3,4)5)18-20(14,15)9-21(16,17)19-11(2)13(6,7)8/h10-11H,9H2,1-8H3. The molecule has 0 aliphatic rings. The Labute approximate surface area is 129 Å². The van der Waals surface area contributed by atoms with Crippen LogP contribution in [0.2, 0.25) is 0 Å². The molecule has 21 heavy (non-hydrogen) atoms. The molecule has 0 fully saturated rings. The first-order valence-electron chi connectivity index (χ1n) is 6.78. The van der Waals surface area contributed by atoms with Gasteiger partial charge in [0.05, 0.1) is 12.2 Å². The van der Waals surface area contributed by atoms with Crippen LogP contribution in [-0.4, -0.2) is 34.1 Å². The van der Waals surface area contributed by atoms with Gasteiger partial charge in [0.25, 0.3) is 20.2 Å². The molecule has 2 atom stereocenters. The molecular formula is C13H28O6S2. The van der Waals surface area contributed by atoms with Crippen LogP contribution < -0.4 is 0 Å². The van der Waals surface area contributed by atoms with E-state index in [0.717, 1.165) is 0 Å². The summed E-state index contributed by atoms with van der Waals surface area (Å²) in [5, 5.41) is -1.18. The van der Waals surface area contributed by atoms with E-state index in [9.17, 15) is 16.8 Å². The Kier molecular flexibility index (Phi) is 6.46. The van der Waals surface area contributed by atoms with Gasteiger partial charge in [-0.15, -0.1) is 0 Å². The zero-order valence-corrected chi connectivity index (χ0v) is 15.8. The molecule has 128 valence electrons. The van der Waals surface area contributed by atoms with Gasteiger partial charge < -0.3 is 0 Å². The highest BCUT2D eigenvalue weighted by Gasteiger charge is 2.33. The van der Waals surface area contributed by atoms with Crippen molar-refractivity contribution in [2.24, 2.45) is 10.8 Å². The molecule has 0 aliphatic carbocycles. The maximum atomic E-state index is 11.9. The van der Waals surface area contributed by atoms with Crippen molar-refractivity contribution in [3.8, 4) is 0 Å². The highest BCUT2D eigenvalue weighted by molar-refractivity contribution is 8.03. The zero-order valence-electron chi connectivity index (χ0n) is 14.1. The summed E-state index contributed by atoms with van der Waals surface area (Å²) >= 11 is 0. The lowest BCUT2D eigenvalue weighted by Crippen LogP contribution is -2.34. The van der Waals surface area contributed by atoms with Gasteiger partial charge in [0.15, 0.2) is 0 Å². The Morgan fingerprint density at radius 1 is 0.714 bits per heavy atom. The lowest BCUT2D eigenvalue weighted by Gasteiger charge is -2.28. The molecule has 2 unspecified atom stereocenters. The Bertz CT molecular complexity index is 484. The van der Waals surface area contributed by atoms with Crippen molar-refractivity contribution in [1.29, 1.82) is 0 Å². The van der Waals surface area contributed by atoms with Gasteiger partial charge in [-0.25, -0.2) is 0 Å². The van der Waals surface area contributed by atoms with E-state index in [4.69, 9.17) is 8.37 Å². The minimum absolute atomic E-state index is 0.420. The van der Waals surface area contributed by atoms with Crippen molar-refractivity contribution in [1.82, 2.24) is 0 Å². The van der Waals surface area contributed by atoms with Crippen LogP contribution in [0.3, 0.4) is 0 Å². The van der Waals surface area contributed by atoms with E-state index in [2.05, 4.69) is 0 Å². The molecule has 0 spiro atoms. The van der Waals surface area contributed by atoms with Crippen LogP contribution in [0.1, 0.15) is 55.4 Å². The van der Waals surface area contributed by atoms with E-state index in [1.165, 1.54) is 0 Å². The van der Waals surface area contributed by atoms with Gasteiger partial charge >= 0.3 is 0 Å². The Hall–Kier alpha value is -0.180. The smallest absolute Gasteiger partial charge is 0.266 e. The molecule has 6 nitrogen and oxygen atoms in total. The number of hydrogen-bond donors (Lipinski definition) is 0. The van der Waals surface area contributed by atoms with Crippen molar-refractivity contribution in [3.63, 3.8) is 0 Å². The van der Waals surface area contributed by atoms with Gasteiger partial charge in [-0.05, 0) is 24.7 Å². The average molecular weight is 344 g/mol. The van der Waals surface area contributed by atoms with E-state index in [1.54, 1.807) is 55.4 Å². The fourth-order valence-corrected chi connectivity index (χ4v) is 4.28. The molecule has 0 rings (SSSR count). The highest BCUT2D eigenvalue weighted by Crippen LogP contribution is 2.26. The van der Waals surface area contributed by atoms with Crippen molar-refractivity contribution in [2.45, 2.75) is 67.6 Å². The molecule has 0 N–H and O–H groups in total. The van der Waals surface area contributed by atoms with Gasteiger partial charge in [0.2, 0.25) is 5.08 Å². The molecule has 0 bridgehead atoms. The summed E-state index contributed by atoms with van der Waals surface area (Å²) in [7, 11) is -8.45. The molecule has 0 aromatic rings. The van der Waals surface area contributed by atoms with E-state index in [0.29, 0.717) is 0 Å². The van der Waals surface area contributed by atoms with Gasteiger partial charge in [-0.3, -0.25) is 8.37 Å². The largest absolute Gasteiger partial charge is 0.284 e. The fourth-order valence-electron chi connectivity index (χ4n) is 0.961. The Balaban J connectivity index is 4.95. The van der Waals surface area contributed by atoms with E-state index >= 15 is 0 Å². The van der Waals surface area contributed by atoms with Gasteiger partial charge in [0.1, 0.15) is 0 Å². The van der Waals surface area contributed by atoms with Gasteiger partial charge in [-0.1, -0.05) is 41.5 Å². The van der Waals surface area contributed by atoms with E-state index in [1.807, 2.05) is 0 Å². The highest BCUT2D eigenvalue weighted by atomic mass is 32.3. The summed E-state index contributed by atoms with van der Waals surface area (Å²) in [6, 6.07) is 0. The van der Waals surface area contributed by atoms with E-state index in [-0.39, 0.29) is 0 Å². The Morgan fingerprint density at radius 2 is 0.952 bits per heavy atom. The van der Waals surface area contributed by atoms with E-state index < -0.39 is 48.4 Å². The molecule has 0 heterocycles. The first-order valence-corrected chi connectivity index (χ1v) is 9.94. The molecule has 0 aromatic carbocycles. The molecule has 0 amide bonds. The maximum Gasteiger partial charge on any atom is 0.284 e. The molecular weight excluding hydrogens is 316 g/mol. The van der Waals surface area contributed by atoms with Crippen LogP contribution in [0.4, 0.5) is 0 Å². The van der Waals surface area contributed by atoms with Crippen LogP contribution in [0.5, 0.6) is 0 Å². The predicted octanol–water partition coefficient (Wildman–Crippen LogP) is 2.51. The monoisotopic (exact) mass is 344 g/mol. The lowest BCUT2D eigenvalue weighted by molar-refractivity contribution is 0.106.